The largest absolute Gasteiger partial charge is 0.489 e. The molecule has 4 aromatic rings. The molecule has 0 aliphatic rings. The van der Waals surface area contributed by atoms with Gasteiger partial charge in [0.05, 0.1) is 0 Å². The second kappa shape index (κ2) is 11.8. The Morgan fingerprint density at radius 1 is 0.406 bits per heavy atom. The van der Waals surface area contributed by atoms with Crippen LogP contribution in [0.3, 0.4) is 0 Å². The monoisotopic (exact) mass is 422 g/mol. The molecule has 0 aliphatic heterocycles. The van der Waals surface area contributed by atoms with Crippen molar-refractivity contribution in [2.24, 2.45) is 0 Å². The van der Waals surface area contributed by atoms with Gasteiger partial charge in [0.15, 0.2) is 0 Å². The van der Waals surface area contributed by atoms with Crippen molar-refractivity contribution in [2.75, 3.05) is 0 Å². The number of benzene rings is 4. The lowest BCUT2D eigenvalue weighted by Crippen LogP contribution is -2.00. The van der Waals surface area contributed by atoms with Gasteiger partial charge in [-0.15, -0.1) is 0 Å². The molecule has 0 fully saturated rings. The minimum Gasteiger partial charge on any atom is -0.489 e. The van der Waals surface area contributed by atoms with Crippen LogP contribution in [0.5, 0.6) is 11.5 Å². The maximum Gasteiger partial charge on any atom is 0.122 e. The zero-order valence-corrected chi connectivity index (χ0v) is 18.5. The zero-order chi connectivity index (χ0) is 21.8. The smallest absolute Gasteiger partial charge is 0.122 e. The van der Waals surface area contributed by atoms with Crippen LogP contribution in [0.2, 0.25) is 0 Å². The fraction of sp³-hybridized carbons (Fsp3) is 0.200. The van der Waals surface area contributed by atoms with E-state index in [1.807, 2.05) is 48.5 Å². The predicted octanol–water partition coefficient (Wildman–Crippen LogP) is 7.41. The number of unbranched alkanes of at least 4 members (excludes halogenated alkanes) is 1. The Labute approximate surface area is 191 Å². The second-order valence-corrected chi connectivity index (χ2v) is 7.97. The summed E-state index contributed by atoms with van der Waals surface area (Å²) in [7, 11) is 0. The average molecular weight is 423 g/mol. The highest BCUT2D eigenvalue weighted by atomic mass is 16.5. The molecule has 0 spiro atoms. The Bertz CT molecular complexity index is 985. The van der Waals surface area contributed by atoms with Gasteiger partial charge in [-0.3, -0.25) is 0 Å². The molecule has 0 aliphatic carbocycles. The quantitative estimate of drug-likeness (QED) is 0.234. The maximum atomic E-state index is 6.11. The lowest BCUT2D eigenvalue weighted by molar-refractivity contribution is 0.301. The highest BCUT2D eigenvalue weighted by Gasteiger charge is 2.06. The molecular formula is C30H30O2. The minimum atomic E-state index is 0.601. The third-order valence-corrected chi connectivity index (χ3v) is 5.56. The fourth-order valence-corrected chi connectivity index (χ4v) is 3.80. The van der Waals surface area contributed by atoms with E-state index >= 15 is 0 Å². The minimum absolute atomic E-state index is 0.601. The summed E-state index contributed by atoms with van der Waals surface area (Å²) >= 11 is 0. The zero-order valence-electron chi connectivity index (χ0n) is 18.5. The molecule has 4 rings (SSSR count). The first-order valence-electron chi connectivity index (χ1n) is 11.4. The molecule has 0 heterocycles. The molecule has 0 atom stereocenters. The third kappa shape index (κ3) is 6.49. The first-order valence-corrected chi connectivity index (χ1v) is 11.4. The lowest BCUT2D eigenvalue weighted by atomic mass is 10.0. The SMILES string of the molecule is c1ccc(COc2ccccc2CCCCc2ccccc2OCc2ccccc2)cc1. The third-order valence-electron chi connectivity index (χ3n) is 5.56. The van der Waals surface area contributed by atoms with Crippen LogP contribution < -0.4 is 9.47 Å². The number of hydrogen-bond acceptors (Lipinski definition) is 2. The van der Waals surface area contributed by atoms with Gasteiger partial charge in [0.1, 0.15) is 24.7 Å². The number of ether oxygens (including phenoxy) is 2. The van der Waals surface area contributed by atoms with E-state index in [1.165, 1.54) is 22.3 Å². The van der Waals surface area contributed by atoms with Gasteiger partial charge in [0.2, 0.25) is 0 Å². The van der Waals surface area contributed by atoms with Gasteiger partial charge in [-0.1, -0.05) is 97.1 Å². The lowest BCUT2D eigenvalue weighted by Gasteiger charge is -2.13. The normalized spacial score (nSPS) is 10.6. The molecule has 0 amide bonds. The Kier molecular flexibility index (Phi) is 7.97. The van der Waals surface area contributed by atoms with Crippen LogP contribution in [0.1, 0.15) is 35.1 Å². The summed E-state index contributed by atoms with van der Waals surface area (Å²) in [4.78, 5) is 0. The van der Waals surface area contributed by atoms with E-state index in [-0.39, 0.29) is 0 Å². The molecule has 162 valence electrons. The first kappa shape index (κ1) is 21.7. The van der Waals surface area contributed by atoms with Crippen molar-refractivity contribution in [1.29, 1.82) is 0 Å². The van der Waals surface area contributed by atoms with Crippen molar-refractivity contribution >= 4 is 0 Å². The van der Waals surface area contributed by atoms with Crippen LogP contribution in [0.25, 0.3) is 0 Å². The summed E-state index contributed by atoms with van der Waals surface area (Å²) in [6.07, 6.45) is 4.24. The van der Waals surface area contributed by atoms with E-state index in [9.17, 15) is 0 Å². The molecular weight excluding hydrogens is 392 g/mol. The maximum absolute atomic E-state index is 6.11. The summed E-state index contributed by atoms with van der Waals surface area (Å²) in [6.45, 7) is 1.20. The van der Waals surface area contributed by atoms with E-state index in [4.69, 9.17) is 9.47 Å². The summed E-state index contributed by atoms with van der Waals surface area (Å²) in [6, 6.07) is 37.4. The van der Waals surface area contributed by atoms with Gasteiger partial charge in [-0.2, -0.15) is 0 Å². The van der Waals surface area contributed by atoms with Crippen LogP contribution in [-0.4, -0.2) is 0 Å². The molecule has 0 radical (unpaired) electrons. The van der Waals surface area contributed by atoms with Crippen LogP contribution >= 0.6 is 0 Å². The molecule has 0 N–H and O–H groups in total. The van der Waals surface area contributed by atoms with Crippen molar-refractivity contribution in [3.63, 3.8) is 0 Å². The van der Waals surface area contributed by atoms with Gasteiger partial charge in [-0.25, -0.2) is 0 Å². The molecule has 2 nitrogen and oxygen atoms in total. The number of rotatable bonds is 11. The van der Waals surface area contributed by atoms with Crippen molar-refractivity contribution in [1.82, 2.24) is 0 Å². The van der Waals surface area contributed by atoms with E-state index in [0.717, 1.165) is 37.2 Å². The number of hydrogen-bond donors (Lipinski definition) is 0. The summed E-state index contributed by atoms with van der Waals surface area (Å²) < 4.78 is 12.2. The van der Waals surface area contributed by atoms with Crippen LogP contribution in [0.4, 0.5) is 0 Å². The molecule has 0 bridgehead atoms. The summed E-state index contributed by atoms with van der Waals surface area (Å²) in [5.74, 6) is 1.98. The summed E-state index contributed by atoms with van der Waals surface area (Å²) in [5.41, 5.74) is 4.93. The van der Waals surface area contributed by atoms with E-state index in [1.54, 1.807) is 0 Å². The van der Waals surface area contributed by atoms with E-state index in [2.05, 4.69) is 60.7 Å². The first-order chi connectivity index (χ1) is 15.9. The van der Waals surface area contributed by atoms with Crippen molar-refractivity contribution in [3.05, 3.63) is 131 Å². The van der Waals surface area contributed by atoms with Gasteiger partial charge >= 0.3 is 0 Å². The van der Waals surface area contributed by atoms with Crippen LogP contribution in [0, 0.1) is 0 Å². The molecule has 0 saturated heterocycles. The van der Waals surface area contributed by atoms with Crippen molar-refractivity contribution < 1.29 is 9.47 Å². The van der Waals surface area contributed by atoms with Crippen molar-refractivity contribution in [3.8, 4) is 11.5 Å². The Morgan fingerprint density at radius 2 is 0.781 bits per heavy atom. The highest BCUT2D eigenvalue weighted by Crippen LogP contribution is 2.24. The van der Waals surface area contributed by atoms with E-state index < -0.39 is 0 Å². The summed E-state index contributed by atoms with van der Waals surface area (Å²) in [5, 5.41) is 0. The molecule has 0 aromatic heterocycles. The molecule has 0 saturated carbocycles. The van der Waals surface area contributed by atoms with Crippen LogP contribution in [0.15, 0.2) is 109 Å². The highest BCUT2D eigenvalue weighted by molar-refractivity contribution is 5.35. The van der Waals surface area contributed by atoms with Gasteiger partial charge in [-0.05, 0) is 60.1 Å². The van der Waals surface area contributed by atoms with Gasteiger partial charge in [0.25, 0.3) is 0 Å². The van der Waals surface area contributed by atoms with E-state index in [0.29, 0.717) is 13.2 Å². The molecule has 2 heteroatoms. The Hall–Kier alpha value is -3.52. The second-order valence-electron chi connectivity index (χ2n) is 7.97. The number of para-hydroxylation sites is 2. The van der Waals surface area contributed by atoms with Crippen molar-refractivity contribution in [2.45, 2.75) is 38.9 Å². The Balaban J connectivity index is 1.28. The Morgan fingerprint density at radius 3 is 1.22 bits per heavy atom. The van der Waals surface area contributed by atoms with Crippen LogP contribution in [-0.2, 0) is 26.1 Å². The van der Waals surface area contributed by atoms with Gasteiger partial charge < -0.3 is 9.47 Å². The standard InChI is InChI=1S/C30H30O2/c1-3-13-25(14-4-1)23-31-29-21-11-9-19-27(29)17-7-8-18-28-20-10-12-22-30(28)32-24-26-15-5-2-6-16-26/h1-6,9-16,19-22H,7-8,17-18,23-24H2. The fourth-order valence-electron chi connectivity index (χ4n) is 3.80. The molecule has 32 heavy (non-hydrogen) atoms. The predicted molar refractivity (Wildman–Crippen MR) is 131 cm³/mol. The molecule has 4 aromatic carbocycles. The number of aryl methyl sites for hydroxylation is 2. The molecule has 0 unspecified atom stereocenters. The topological polar surface area (TPSA) is 18.5 Å². The van der Waals surface area contributed by atoms with Gasteiger partial charge in [0, 0.05) is 0 Å². The average Bonchev–Trinajstić information content (AvgIpc) is 2.86.